The van der Waals surface area contributed by atoms with Gasteiger partial charge in [0.25, 0.3) is 0 Å². The summed E-state index contributed by atoms with van der Waals surface area (Å²) < 4.78 is 0. The fourth-order valence-corrected chi connectivity index (χ4v) is 2.72. The van der Waals surface area contributed by atoms with Crippen LogP contribution in [-0.4, -0.2) is 35.8 Å². The number of nitrogens with zero attached hydrogens (tertiary/aromatic N) is 1. The van der Waals surface area contributed by atoms with E-state index in [1.54, 1.807) is 0 Å². The van der Waals surface area contributed by atoms with Gasteiger partial charge in [0.2, 0.25) is 11.8 Å². The molecule has 2 amide bonds. The van der Waals surface area contributed by atoms with Crippen molar-refractivity contribution in [3.8, 4) is 0 Å². The van der Waals surface area contributed by atoms with Crippen molar-refractivity contribution in [2.75, 3.05) is 13.1 Å². The van der Waals surface area contributed by atoms with Crippen molar-refractivity contribution in [3.05, 3.63) is 35.9 Å². The van der Waals surface area contributed by atoms with Gasteiger partial charge in [-0.25, -0.2) is 0 Å². The molecule has 21 heavy (non-hydrogen) atoms. The number of carbonyl (C=O) groups excluding carboxylic acids is 2. The Bertz CT molecular complexity index is 473. The van der Waals surface area contributed by atoms with Gasteiger partial charge in [0.1, 0.15) is 6.04 Å². The van der Waals surface area contributed by atoms with E-state index >= 15 is 0 Å². The van der Waals surface area contributed by atoms with Crippen molar-refractivity contribution in [2.45, 2.75) is 45.1 Å². The number of hydrogen-bond donors (Lipinski definition) is 1. The summed E-state index contributed by atoms with van der Waals surface area (Å²) >= 11 is 0. The van der Waals surface area contributed by atoms with Crippen LogP contribution >= 0.6 is 0 Å². The topological polar surface area (TPSA) is 49.4 Å². The Labute approximate surface area is 126 Å². The Morgan fingerprint density at radius 2 is 2.00 bits per heavy atom. The Kier molecular flexibility index (Phi) is 5.78. The minimum absolute atomic E-state index is 0.00707. The maximum atomic E-state index is 12.4. The summed E-state index contributed by atoms with van der Waals surface area (Å²) in [5.74, 6) is 0.0723. The second-order valence-electron chi connectivity index (χ2n) is 5.57. The third-order valence-corrected chi connectivity index (χ3v) is 3.87. The Balaban J connectivity index is 1.88. The lowest BCUT2D eigenvalue weighted by Gasteiger charge is -2.23. The van der Waals surface area contributed by atoms with Crippen molar-refractivity contribution < 1.29 is 9.59 Å². The monoisotopic (exact) mass is 288 g/mol. The van der Waals surface area contributed by atoms with Crippen LogP contribution in [0.1, 0.15) is 38.2 Å². The first-order chi connectivity index (χ1) is 10.2. The summed E-state index contributed by atoms with van der Waals surface area (Å²) in [6.45, 7) is 3.30. The van der Waals surface area contributed by atoms with Crippen LogP contribution in [0.2, 0.25) is 0 Å². The molecule has 1 heterocycles. The molecule has 0 aromatic heterocycles. The molecule has 114 valence electrons. The highest BCUT2D eigenvalue weighted by atomic mass is 16.2. The molecule has 1 aliphatic heterocycles. The largest absolute Gasteiger partial charge is 0.344 e. The smallest absolute Gasteiger partial charge is 0.245 e. The molecule has 4 nitrogen and oxygen atoms in total. The SMILES string of the molecule is CCCC1NC(=O)CCN(CCCc2ccccc2)C1=O. The van der Waals surface area contributed by atoms with E-state index in [0.717, 1.165) is 32.2 Å². The van der Waals surface area contributed by atoms with Crippen LogP contribution in [-0.2, 0) is 16.0 Å². The first-order valence-electron chi connectivity index (χ1n) is 7.82. The van der Waals surface area contributed by atoms with Crippen LogP contribution < -0.4 is 5.32 Å². The van der Waals surface area contributed by atoms with Crippen molar-refractivity contribution in [1.82, 2.24) is 10.2 Å². The van der Waals surface area contributed by atoms with E-state index in [-0.39, 0.29) is 17.9 Å². The Morgan fingerprint density at radius 1 is 1.24 bits per heavy atom. The Morgan fingerprint density at radius 3 is 2.71 bits per heavy atom. The van der Waals surface area contributed by atoms with Gasteiger partial charge in [-0.1, -0.05) is 43.7 Å². The number of amides is 2. The van der Waals surface area contributed by atoms with Gasteiger partial charge >= 0.3 is 0 Å². The van der Waals surface area contributed by atoms with Crippen LogP contribution in [0.3, 0.4) is 0 Å². The van der Waals surface area contributed by atoms with Gasteiger partial charge in [-0.3, -0.25) is 9.59 Å². The van der Waals surface area contributed by atoms with E-state index in [0.29, 0.717) is 13.0 Å². The van der Waals surface area contributed by atoms with Crippen molar-refractivity contribution in [1.29, 1.82) is 0 Å². The molecule has 1 N–H and O–H groups in total. The molecule has 0 radical (unpaired) electrons. The third kappa shape index (κ3) is 4.59. The molecule has 0 saturated carbocycles. The predicted molar refractivity (Wildman–Crippen MR) is 82.8 cm³/mol. The van der Waals surface area contributed by atoms with E-state index in [2.05, 4.69) is 17.4 Å². The molecule has 0 bridgehead atoms. The van der Waals surface area contributed by atoms with Gasteiger partial charge in [0.15, 0.2) is 0 Å². The highest BCUT2D eigenvalue weighted by Crippen LogP contribution is 2.10. The number of nitrogens with one attached hydrogen (secondary N) is 1. The third-order valence-electron chi connectivity index (χ3n) is 3.87. The molecule has 1 aromatic carbocycles. The molecule has 1 saturated heterocycles. The maximum Gasteiger partial charge on any atom is 0.245 e. The summed E-state index contributed by atoms with van der Waals surface area (Å²) in [4.78, 5) is 25.9. The van der Waals surface area contributed by atoms with Gasteiger partial charge in [-0.2, -0.15) is 0 Å². The average Bonchev–Trinajstić information content (AvgIpc) is 2.62. The first-order valence-corrected chi connectivity index (χ1v) is 7.82. The van der Waals surface area contributed by atoms with Crippen LogP contribution in [0.4, 0.5) is 0 Å². The van der Waals surface area contributed by atoms with Gasteiger partial charge in [-0.15, -0.1) is 0 Å². The standard InChI is InChI=1S/C17H24N2O2/c1-2-7-15-17(21)19(13-11-16(20)18-15)12-6-10-14-8-4-3-5-9-14/h3-5,8-9,15H,2,6-7,10-13H2,1H3,(H,18,20). The Hall–Kier alpha value is -1.84. The summed E-state index contributed by atoms with van der Waals surface area (Å²) in [5.41, 5.74) is 1.29. The molecule has 1 fully saturated rings. The van der Waals surface area contributed by atoms with Crippen molar-refractivity contribution >= 4 is 11.8 Å². The minimum Gasteiger partial charge on any atom is -0.344 e. The highest BCUT2D eigenvalue weighted by molar-refractivity contribution is 5.89. The molecular weight excluding hydrogens is 264 g/mol. The lowest BCUT2D eigenvalue weighted by atomic mass is 10.1. The van der Waals surface area contributed by atoms with Crippen LogP contribution in [0.15, 0.2) is 30.3 Å². The minimum atomic E-state index is -0.332. The summed E-state index contributed by atoms with van der Waals surface area (Å²) in [5, 5.41) is 2.84. The number of rotatable bonds is 6. The zero-order chi connectivity index (χ0) is 15.1. The molecule has 1 atom stereocenters. The highest BCUT2D eigenvalue weighted by Gasteiger charge is 2.28. The number of carbonyl (C=O) groups is 2. The molecular formula is C17H24N2O2. The van der Waals surface area contributed by atoms with E-state index in [9.17, 15) is 9.59 Å². The number of aryl methyl sites for hydroxylation is 1. The molecule has 0 spiro atoms. The molecule has 1 unspecified atom stereocenters. The van der Waals surface area contributed by atoms with E-state index < -0.39 is 0 Å². The molecule has 4 heteroatoms. The summed E-state index contributed by atoms with van der Waals surface area (Å²) in [7, 11) is 0. The van der Waals surface area contributed by atoms with Gasteiger partial charge in [0.05, 0.1) is 0 Å². The number of hydrogen-bond acceptors (Lipinski definition) is 2. The van der Waals surface area contributed by atoms with E-state index in [1.165, 1.54) is 5.56 Å². The maximum absolute atomic E-state index is 12.4. The summed E-state index contributed by atoms with van der Waals surface area (Å²) in [6, 6.07) is 9.96. The second-order valence-corrected chi connectivity index (χ2v) is 5.57. The zero-order valence-corrected chi connectivity index (χ0v) is 12.7. The average molecular weight is 288 g/mol. The molecule has 2 rings (SSSR count). The molecule has 1 aliphatic rings. The van der Waals surface area contributed by atoms with Gasteiger partial charge in [0, 0.05) is 19.5 Å². The van der Waals surface area contributed by atoms with E-state index in [1.807, 2.05) is 30.0 Å². The van der Waals surface area contributed by atoms with Crippen molar-refractivity contribution in [2.24, 2.45) is 0 Å². The fourth-order valence-electron chi connectivity index (χ4n) is 2.72. The fraction of sp³-hybridized carbons (Fsp3) is 0.529. The van der Waals surface area contributed by atoms with E-state index in [4.69, 9.17) is 0 Å². The van der Waals surface area contributed by atoms with Crippen LogP contribution in [0, 0.1) is 0 Å². The second kappa shape index (κ2) is 7.81. The predicted octanol–water partition coefficient (Wildman–Crippen LogP) is 2.14. The summed E-state index contributed by atoms with van der Waals surface area (Å²) in [6.07, 6.45) is 3.93. The number of benzene rings is 1. The lowest BCUT2D eigenvalue weighted by molar-refractivity contribution is -0.133. The van der Waals surface area contributed by atoms with Crippen LogP contribution in [0.25, 0.3) is 0 Å². The van der Waals surface area contributed by atoms with Gasteiger partial charge < -0.3 is 10.2 Å². The quantitative estimate of drug-likeness (QED) is 0.872. The molecule has 1 aromatic rings. The van der Waals surface area contributed by atoms with Gasteiger partial charge in [-0.05, 0) is 24.8 Å². The molecule has 0 aliphatic carbocycles. The van der Waals surface area contributed by atoms with Crippen molar-refractivity contribution in [3.63, 3.8) is 0 Å². The van der Waals surface area contributed by atoms with Crippen LogP contribution in [0.5, 0.6) is 0 Å². The normalized spacial score (nSPS) is 19.3. The first kappa shape index (κ1) is 15.5. The lowest BCUT2D eigenvalue weighted by Crippen LogP contribution is -2.44. The zero-order valence-electron chi connectivity index (χ0n) is 12.7.